The molecule has 5 nitrogen and oxygen atoms in total. The average Bonchev–Trinajstić information content (AvgIpc) is 3.08. The van der Waals surface area contributed by atoms with Gasteiger partial charge in [-0.1, -0.05) is 0 Å². The number of carbonyl (C=O) groups excluding carboxylic acids is 2. The summed E-state index contributed by atoms with van der Waals surface area (Å²) in [5.74, 6) is 0.360. The van der Waals surface area contributed by atoms with E-state index in [0.717, 1.165) is 5.56 Å². The highest BCUT2D eigenvalue weighted by Crippen LogP contribution is 2.29. The maximum Gasteiger partial charge on any atom is 0.204 e. The number of nitrogens with zero attached hydrogens (tertiary/aromatic N) is 1. The lowest BCUT2D eigenvalue weighted by atomic mass is 10.1. The highest BCUT2D eigenvalue weighted by atomic mass is 16.5. The number of nitrogens with one attached hydrogen (secondary N) is 1. The number of hydrogen-bond acceptors (Lipinski definition) is 4. The Morgan fingerprint density at radius 1 is 1.45 bits per heavy atom. The van der Waals surface area contributed by atoms with Crippen molar-refractivity contribution in [3.63, 3.8) is 0 Å². The molecule has 0 spiro atoms. The summed E-state index contributed by atoms with van der Waals surface area (Å²) >= 11 is 0. The van der Waals surface area contributed by atoms with Crippen molar-refractivity contribution >= 4 is 11.6 Å². The van der Waals surface area contributed by atoms with Gasteiger partial charge in [-0.3, -0.25) is 9.59 Å². The van der Waals surface area contributed by atoms with E-state index in [1.807, 2.05) is 6.07 Å². The molecule has 1 heterocycles. The van der Waals surface area contributed by atoms with Gasteiger partial charge in [-0.25, -0.2) is 4.98 Å². The van der Waals surface area contributed by atoms with Gasteiger partial charge >= 0.3 is 0 Å². The molecule has 3 rings (SSSR count). The van der Waals surface area contributed by atoms with E-state index in [0.29, 0.717) is 29.0 Å². The topological polar surface area (TPSA) is 72.0 Å². The van der Waals surface area contributed by atoms with Crippen LogP contribution in [0.1, 0.15) is 26.4 Å². The molecule has 0 aliphatic heterocycles. The van der Waals surface area contributed by atoms with E-state index in [1.165, 1.54) is 18.6 Å². The Bertz CT molecular complexity index is 715. The van der Waals surface area contributed by atoms with E-state index in [-0.39, 0.29) is 11.6 Å². The van der Waals surface area contributed by atoms with Crippen LogP contribution in [0.2, 0.25) is 0 Å². The Kier molecular flexibility index (Phi) is 2.95. The van der Waals surface area contributed by atoms with Crippen molar-refractivity contribution in [2.75, 3.05) is 7.11 Å². The van der Waals surface area contributed by atoms with Crippen LogP contribution in [0.25, 0.3) is 0 Å². The molecule has 0 atom stereocenters. The van der Waals surface area contributed by atoms with Gasteiger partial charge < -0.3 is 9.72 Å². The second-order valence-electron chi connectivity index (χ2n) is 4.53. The highest BCUT2D eigenvalue weighted by molar-refractivity contribution is 6.17. The number of benzene rings is 1. The molecule has 0 saturated carbocycles. The lowest BCUT2D eigenvalue weighted by molar-refractivity contribution is 0.101. The monoisotopic (exact) mass is 268 g/mol. The van der Waals surface area contributed by atoms with Crippen molar-refractivity contribution in [1.29, 1.82) is 0 Å². The van der Waals surface area contributed by atoms with Gasteiger partial charge in [0, 0.05) is 17.6 Å². The molecule has 1 aromatic carbocycles. The first-order valence-corrected chi connectivity index (χ1v) is 6.14. The second kappa shape index (κ2) is 4.77. The number of aromatic nitrogens is 2. The van der Waals surface area contributed by atoms with Crippen LogP contribution >= 0.6 is 0 Å². The summed E-state index contributed by atoms with van der Waals surface area (Å²) in [4.78, 5) is 30.7. The quantitative estimate of drug-likeness (QED) is 0.682. The predicted octanol–water partition coefficient (Wildman–Crippen LogP) is 1.97. The number of methoxy groups -OCH3 is 1. The Balaban J connectivity index is 1.91. The summed E-state index contributed by atoms with van der Waals surface area (Å²) in [6.45, 7) is 0. The molecular weight excluding hydrogens is 256 g/mol. The maximum atomic E-state index is 12.2. The van der Waals surface area contributed by atoms with Crippen LogP contribution < -0.4 is 4.74 Å². The summed E-state index contributed by atoms with van der Waals surface area (Å²) in [5.41, 5.74) is 2.39. The fourth-order valence-electron chi connectivity index (χ4n) is 2.27. The van der Waals surface area contributed by atoms with E-state index in [4.69, 9.17) is 4.74 Å². The zero-order valence-electron chi connectivity index (χ0n) is 10.8. The molecular formula is C15H12N2O3. The first-order chi connectivity index (χ1) is 9.69. The number of imidazole rings is 1. The van der Waals surface area contributed by atoms with Crippen molar-refractivity contribution in [3.05, 3.63) is 59.2 Å². The summed E-state index contributed by atoms with van der Waals surface area (Å²) in [7, 11) is 1.58. The van der Waals surface area contributed by atoms with Crippen LogP contribution in [0.5, 0.6) is 5.75 Å². The molecule has 1 aliphatic rings. The molecule has 0 unspecified atom stereocenters. The van der Waals surface area contributed by atoms with Gasteiger partial charge in [0.15, 0.2) is 5.78 Å². The van der Waals surface area contributed by atoms with Gasteiger partial charge in [0.05, 0.1) is 19.6 Å². The third-order valence-electron chi connectivity index (χ3n) is 3.30. The van der Waals surface area contributed by atoms with Crippen molar-refractivity contribution in [1.82, 2.24) is 9.97 Å². The molecule has 0 fully saturated rings. The lowest BCUT2D eigenvalue weighted by Crippen LogP contribution is -2.01. The molecule has 20 heavy (non-hydrogen) atoms. The number of H-pyrrole nitrogens is 1. The third-order valence-corrected chi connectivity index (χ3v) is 3.30. The number of carbonyl (C=O) groups is 2. The molecule has 1 aromatic heterocycles. The Morgan fingerprint density at radius 2 is 2.30 bits per heavy atom. The number of Topliss-reactive ketones (excluding diaryl/α,β-unsaturated/α-hetero) is 1. The fourth-order valence-corrected chi connectivity index (χ4v) is 2.27. The zero-order chi connectivity index (χ0) is 14.1. The second-order valence-corrected chi connectivity index (χ2v) is 4.53. The predicted molar refractivity (Wildman–Crippen MR) is 72.0 cm³/mol. The van der Waals surface area contributed by atoms with Gasteiger partial charge in [0.25, 0.3) is 0 Å². The Hall–Kier alpha value is -2.69. The van der Waals surface area contributed by atoms with Crippen LogP contribution in [-0.4, -0.2) is 28.6 Å². The molecule has 0 amide bonds. The number of fused-ring (bicyclic) bond motifs is 1. The molecule has 2 aromatic rings. The molecule has 100 valence electrons. The standard InChI is InChI=1S/C15H12N2O3/c1-20-11-2-3-12-9(5-11)4-10(15(12)19)6-14(18)13-7-16-8-17-13/h2-3,5-8H,4H2,1H3,(H,16,17)/b10-6+. The largest absolute Gasteiger partial charge is 0.497 e. The minimum Gasteiger partial charge on any atom is -0.497 e. The van der Waals surface area contributed by atoms with E-state index in [2.05, 4.69) is 9.97 Å². The maximum absolute atomic E-state index is 12.2. The molecule has 0 radical (unpaired) electrons. The van der Waals surface area contributed by atoms with Crippen molar-refractivity contribution < 1.29 is 14.3 Å². The van der Waals surface area contributed by atoms with Crippen LogP contribution in [0.4, 0.5) is 0 Å². The number of ketones is 2. The van der Waals surface area contributed by atoms with E-state index in [1.54, 1.807) is 19.2 Å². The van der Waals surface area contributed by atoms with Gasteiger partial charge in [0.2, 0.25) is 5.78 Å². The Labute approximate surface area is 115 Å². The molecule has 5 heteroatoms. The number of rotatable bonds is 3. The molecule has 1 N–H and O–H groups in total. The minimum absolute atomic E-state index is 0.101. The summed E-state index contributed by atoms with van der Waals surface area (Å²) < 4.78 is 5.14. The van der Waals surface area contributed by atoms with Gasteiger partial charge in [-0.15, -0.1) is 0 Å². The van der Waals surface area contributed by atoms with Gasteiger partial charge in [-0.05, 0) is 29.8 Å². The summed E-state index contributed by atoms with van der Waals surface area (Å²) in [6, 6.07) is 5.31. The van der Waals surface area contributed by atoms with E-state index < -0.39 is 0 Å². The fraction of sp³-hybridized carbons (Fsp3) is 0.133. The molecule has 0 bridgehead atoms. The zero-order valence-corrected chi connectivity index (χ0v) is 10.8. The number of ether oxygens (including phenoxy) is 1. The minimum atomic E-state index is -0.245. The highest BCUT2D eigenvalue weighted by Gasteiger charge is 2.26. The average molecular weight is 268 g/mol. The molecule has 0 saturated heterocycles. The Morgan fingerprint density at radius 3 is 3.00 bits per heavy atom. The van der Waals surface area contributed by atoms with E-state index >= 15 is 0 Å². The molecule has 1 aliphatic carbocycles. The number of allylic oxidation sites excluding steroid dienone is 2. The van der Waals surface area contributed by atoms with Crippen LogP contribution in [0.3, 0.4) is 0 Å². The van der Waals surface area contributed by atoms with Crippen LogP contribution in [0, 0.1) is 0 Å². The number of hydrogen-bond donors (Lipinski definition) is 1. The van der Waals surface area contributed by atoms with Crippen molar-refractivity contribution in [2.24, 2.45) is 0 Å². The lowest BCUT2D eigenvalue weighted by Gasteiger charge is -2.01. The van der Waals surface area contributed by atoms with Crippen molar-refractivity contribution in [2.45, 2.75) is 6.42 Å². The summed E-state index contributed by atoms with van der Waals surface area (Å²) in [6.07, 6.45) is 4.70. The van der Waals surface area contributed by atoms with E-state index in [9.17, 15) is 9.59 Å². The normalized spacial score (nSPS) is 15.4. The first-order valence-electron chi connectivity index (χ1n) is 6.14. The van der Waals surface area contributed by atoms with Gasteiger partial charge in [-0.2, -0.15) is 0 Å². The smallest absolute Gasteiger partial charge is 0.204 e. The third kappa shape index (κ3) is 2.03. The van der Waals surface area contributed by atoms with Gasteiger partial charge in [0.1, 0.15) is 11.4 Å². The van der Waals surface area contributed by atoms with Crippen molar-refractivity contribution in [3.8, 4) is 5.75 Å². The SMILES string of the molecule is COc1ccc2c(c1)C/C(=C\C(=O)c1cnc[nH]1)C2=O. The summed E-state index contributed by atoms with van der Waals surface area (Å²) in [5, 5.41) is 0. The first kappa shape index (κ1) is 12.3. The van der Waals surface area contributed by atoms with Crippen LogP contribution in [0.15, 0.2) is 42.4 Å². The number of aromatic amines is 1. The van der Waals surface area contributed by atoms with Crippen LogP contribution in [-0.2, 0) is 6.42 Å².